The third kappa shape index (κ3) is 5.78. The fourth-order valence-corrected chi connectivity index (χ4v) is 2.77. The molecule has 1 heterocycles. The molecule has 3 heteroatoms. The molecule has 0 bridgehead atoms. The van der Waals surface area contributed by atoms with E-state index in [1.165, 1.54) is 12.8 Å². The molecule has 3 atom stereocenters. The molecule has 0 aromatic carbocycles. The van der Waals surface area contributed by atoms with E-state index in [-0.39, 0.29) is 12.4 Å². The molecular formula is C17H28O3. The van der Waals surface area contributed by atoms with Crippen LogP contribution in [0.15, 0.2) is 24.3 Å². The highest BCUT2D eigenvalue weighted by molar-refractivity contribution is 5.02. The van der Waals surface area contributed by atoms with Gasteiger partial charge < -0.3 is 14.6 Å². The molecule has 1 aliphatic carbocycles. The molecule has 3 nitrogen and oxygen atoms in total. The zero-order valence-corrected chi connectivity index (χ0v) is 12.4. The summed E-state index contributed by atoms with van der Waals surface area (Å²) < 4.78 is 11.2. The van der Waals surface area contributed by atoms with Crippen LogP contribution in [0, 0.1) is 5.92 Å². The van der Waals surface area contributed by atoms with Gasteiger partial charge in [0.1, 0.15) is 0 Å². The summed E-state index contributed by atoms with van der Waals surface area (Å²) in [6.45, 7) is 1.64. The number of allylic oxidation sites excluding steroid dienone is 2. The number of aliphatic hydroxyl groups is 1. The summed E-state index contributed by atoms with van der Waals surface area (Å²) in [5.41, 5.74) is 0. The molecule has 0 aromatic heterocycles. The van der Waals surface area contributed by atoms with Crippen LogP contribution in [0.3, 0.4) is 0 Å². The Morgan fingerprint density at radius 3 is 2.90 bits per heavy atom. The summed E-state index contributed by atoms with van der Waals surface area (Å²) in [6, 6.07) is 0. The first-order valence-corrected chi connectivity index (χ1v) is 8.09. The third-order valence-corrected chi connectivity index (χ3v) is 4.05. The average molecular weight is 280 g/mol. The Hall–Kier alpha value is -0.640. The van der Waals surface area contributed by atoms with Crippen molar-refractivity contribution in [3.63, 3.8) is 0 Å². The van der Waals surface area contributed by atoms with E-state index in [0.717, 1.165) is 51.7 Å². The fourth-order valence-electron chi connectivity index (χ4n) is 2.77. The van der Waals surface area contributed by atoms with Crippen molar-refractivity contribution >= 4 is 0 Å². The van der Waals surface area contributed by atoms with Crippen molar-refractivity contribution in [3.05, 3.63) is 24.3 Å². The number of rotatable bonds is 8. The molecule has 1 fully saturated rings. The molecule has 114 valence electrons. The molecule has 2 aliphatic rings. The molecule has 0 spiro atoms. The summed E-state index contributed by atoms with van der Waals surface area (Å²) in [5, 5.41) is 9.67. The largest absolute Gasteiger partial charge is 0.392 e. The second-order valence-corrected chi connectivity index (χ2v) is 5.75. The number of ether oxygens (including phenoxy) is 2. The van der Waals surface area contributed by atoms with E-state index in [0.29, 0.717) is 5.92 Å². The van der Waals surface area contributed by atoms with Crippen LogP contribution in [-0.2, 0) is 9.47 Å². The number of unbranched alkanes of at least 4 members (excludes halogenated alkanes) is 1. The SMILES string of the molecule is O[C@@H]1CC=C[C@H]1CC/C=C\CCCOC1CCCCO1. The van der Waals surface area contributed by atoms with E-state index < -0.39 is 0 Å². The summed E-state index contributed by atoms with van der Waals surface area (Å²) in [6.07, 6.45) is 17.1. The van der Waals surface area contributed by atoms with Crippen LogP contribution < -0.4 is 0 Å². The van der Waals surface area contributed by atoms with E-state index in [1.807, 2.05) is 0 Å². The molecule has 0 aromatic rings. The first-order valence-electron chi connectivity index (χ1n) is 8.09. The summed E-state index contributed by atoms with van der Waals surface area (Å²) in [7, 11) is 0. The second kappa shape index (κ2) is 9.32. The Kier molecular flexibility index (Phi) is 7.34. The lowest BCUT2D eigenvalue weighted by molar-refractivity contribution is -0.162. The summed E-state index contributed by atoms with van der Waals surface area (Å²) in [5.74, 6) is 0.367. The van der Waals surface area contributed by atoms with Crippen LogP contribution in [0.5, 0.6) is 0 Å². The van der Waals surface area contributed by atoms with Crippen LogP contribution in [0.1, 0.15) is 51.4 Å². The Bertz CT molecular complexity index is 305. The van der Waals surface area contributed by atoms with E-state index in [4.69, 9.17) is 9.47 Å². The summed E-state index contributed by atoms with van der Waals surface area (Å²) in [4.78, 5) is 0. The van der Waals surface area contributed by atoms with Gasteiger partial charge in [-0.1, -0.05) is 24.3 Å². The maximum atomic E-state index is 9.67. The molecule has 2 rings (SSSR count). The van der Waals surface area contributed by atoms with Gasteiger partial charge >= 0.3 is 0 Å². The molecule has 0 radical (unpaired) electrons. The topological polar surface area (TPSA) is 38.7 Å². The lowest BCUT2D eigenvalue weighted by atomic mass is 10.0. The van der Waals surface area contributed by atoms with Crippen molar-refractivity contribution in [1.82, 2.24) is 0 Å². The van der Waals surface area contributed by atoms with Crippen LogP contribution in [0.4, 0.5) is 0 Å². The second-order valence-electron chi connectivity index (χ2n) is 5.75. The molecule has 0 amide bonds. The van der Waals surface area contributed by atoms with Gasteiger partial charge in [-0.05, 0) is 51.4 Å². The Morgan fingerprint density at radius 2 is 2.15 bits per heavy atom. The van der Waals surface area contributed by atoms with Crippen molar-refractivity contribution < 1.29 is 14.6 Å². The highest BCUT2D eigenvalue weighted by Crippen LogP contribution is 2.22. The maximum absolute atomic E-state index is 9.67. The van der Waals surface area contributed by atoms with Crippen LogP contribution in [0.2, 0.25) is 0 Å². The monoisotopic (exact) mass is 280 g/mol. The standard InChI is InChI=1S/C17H28O3/c18-16-11-8-10-15(16)9-4-2-1-3-6-13-19-17-12-5-7-14-20-17/h1-2,8,10,15-18H,3-7,9,11-14H2/b2-1-/t15-,16-,17?/m1/s1. The van der Waals surface area contributed by atoms with Crippen LogP contribution in [-0.4, -0.2) is 30.7 Å². The van der Waals surface area contributed by atoms with Gasteiger partial charge in [0.15, 0.2) is 6.29 Å². The van der Waals surface area contributed by atoms with Crippen molar-refractivity contribution in [2.24, 2.45) is 5.92 Å². The van der Waals surface area contributed by atoms with Gasteiger partial charge in [-0.25, -0.2) is 0 Å². The number of aliphatic hydroxyl groups excluding tert-OH is 1. The van der Waals surface area contributed by atoms with Crippen molar-refractivity contribution in [2.75, 3.05) is 13.2 Å². The van der Waals surface area contributed by atoms with Gasteiger partial charge in [-0.2, -0.15) is 0 Å². The predicted molar refractivity (Wildman–Crippen MR) is 80.4 cm³/mol. The molecule has 20 heavy (non-hydrogen) atoms. The molecule has 1 saturated heterocycles. The Balaban J connectivity index is 1.42. The predicted octanol–water partition coefficient (Wildman–Crippen LogP) is 3.58. The highest BCUT2D eigenvalue weighted by atomic mass is 16.7. The lowest BCUT2D eigenvalue weighted by Crippen LogP contribution is -2.22. The lowest BCUT2D eigenvalue weighted by Gasteiger charge is -2.22. The first-order chi connectivity index (χ1) is 9.86. The van der Waals surface area contributed by atoms with Crippen molar-refractivity contribution in [1.29, 1.82) is 0 Å². The zero-order chi connectivity index (χ0) is 14.0. The Morgan fingerprint density at radius 1 is 1.25 bits per heavy atom. The van der Waals surface area contributed by atoms with Gasteiger partial charge in [0.05, 0.1) is 12.7 Å². The third-order valence-electron chi connectivity index (χ3n) is 4.05. The fraction of sp³-hybridized carbons (Fsp3) is 0.765. The molecule has 0 saturated carbocycles. The van der Waals surface area contributed by atoms with Crippen LogP contribution >= 0.6 is 0 Å². The molecule has 1 N–H and O–H groups in total. The van der Waals surface area contributed by atoms with Gasteiger partial charge in [0, 0.05) is 12.5 Å². The van der Waals surface area contributed by atoms with E-state index >= 15 is 0 Å². The number of hydrogen-bond donors (Lipinski definition) is 1. The average Bonchev–Trinajstić information content (AvgIpc) is 2.88. The van der Waals surface area contributed by atoms with E-state index in [2.05, 4.69) is 24.3 Å². The minimum atomic E-state index is -0.146. The van der Waals surface area contributed by atoms with Gasteiger partial charge in [-0.15, -0.1) is 0 Å². The minimum Gasteiger partial charge on any atom is -0.392 e. The van der Waals surface area contributed by atoms with Gasteiger partial charge in [0.25, 0.3) is 0 Å². The normalized spacial score (nSPS) is 30.4. The number of hydrogen-bond acceptors (Lipinski definition) is 3. The zero-order valence-electron chi connectivity index (χ0n) is 12.4. The first kappa shape index (κ1) is 15.7. The quantitative estimate of drug-likeness (QED) is 0.545. The minimum absolute atomic E-state index is 0.0448. The highest BCUT2D eigenvalue weighted by Gasteiger charge is 2.18. The molecule has 1 aliphatic heterocycles. The van der Waals surface area contributed by atoms with Crippen LogP contribution in [0.25, 0.3) is 0 Å². The van der Waals surface area contributed by atoms with Gasteiger partial charge in [-0.3, -0.25) is 0 Å². The maximum Gasteiger partial charge on any atom is 0.157 e. The van der Waals surface area contributed by atoms with E-state index in [1.54, 1.807) is 0 Å². The molecule has 1 unspecified atom stereocenters. The smallest absolute Gasteiger partial charge is 0.157 e. The summed E-state index contributed by atoms with van der Waals surface area (Å²) >= 11 is 0. The molecular weight excluding hydrogens is 252 g/mol. The Labute approximate surface area is 122 Å². The van der Waals surface area contributed by atoms with E-state index in [9.17, 15) is 5.11 Å². The van der Waals surface area contributed by atoms with Gasteiger partial charge in [0.2, 0.25) is 0 Å². The van der Waals surface area contributed by atoms with Crippen molar-refractivity contribution in [2.45, 2.75) is 63.8 Å². The van der Waals surface area contributed by atoms with Crippen molar-refractivity contribution in [3.8, 4) is 0 Å².